The quantitative estimate of drug-likeness (QED) is 0.814. The molecule has 96 valence electrons. The van der Waals surface area contributed by atoms with Crippen molar-refractivity contribution < 1.29 is 8.42 Å². The third-order valence-corrected chi connectivity index (χ3v) is 7.02. The van der Waals surface area contributed by atoms with E-state index in [9.17, 15) is 8.42 Å². The van der Waals surface area contributed by atoms with Crippen LogP contribution in [0.25, 0.3) is 0 Å². The number of hydrogen-bond acceptors (Lipinski definition) is 3. The Kier molecular flexibility index (Phi) is 3.75. The zero-order valence-corrected chi connectivity index (χ0v) is 11.7. The normalized spacial score (nSPS) is 24.1. The zero-order valence-electron chi connectivity index (χ0n) is 10.9. The van der Waals surface area contributed by atoms with Crippen LogP contribution in [0.2, 0.25) is 0 Å². The molecule has 1 atom stereocenters. The third-order valence-electron chi connectivity index (χ3n) is 3.91. The fourth-order valence-corrected chi connectivity index (χ4v) is 4.37. The Morgan fingerprint density at radius 3 is 1.94 bits per heavy atom. The van der Waals surface area contributed by atoms with Gasteiger partial charge in [0.05, 0.1) is 10.00 Å². The second-order valence-electron chi connectivity index (χ2n) is 6.09. The van der Waals surface area contributed by atoms with Crippen molar-refractivity contribution in [1.82, 2.24) is 0 Å². The van der Waals surface area contributed by atoms with Crippen molar-refractivity contribution in [3.05, 3.63) is 0 Å². The molecule has 1 aliphatic rings. The average Bonchev–Trinajstić information content (AvgIpc) is 2.16. The molecule has 2 N–H and O–H groups in total. The van der Waals surface area contributed by atoms with Gasteiger partial charge in [0.25, 0.3) is 0 Å². The molecule has 4 heteroatoms. The Bertz CT molecular complexity index is 335. The summed E-state index contributed by atoms with van der Waals surface area (Å²) in [6.45, 7) is 7.05. The molecular weight excluding hydrogens is 222 g/mol. The predicted molar refractivity (Wildman–Crippen MR) is 68.1 cm³/mol. The molecule has 0 aromatic rings. The third kappa shape index (κ3) is 2.43. The first-order valence-electron chi connectivity index (χ1n) is 6.13. The lowest BCUT2D eigenvalue weighted by Crippen LogP contribution is -2.57. The van der Waals surface area contributed by atoms with Gasteiger partial charge in [0.2, 0.25) is 0 Å². The van der Waals surface area contributed by atoms with Crippen LogP contribution in [0.3, 0.4) is 0 Å². The fraction of sp³-hybridized carbons (Fsp3) is 1.00. The largest absolute Gasteiger partial charge is 0.324 e. The van der Waals surface area contributed by atoms with Gasteiger partial charge in [0.1, 0.15) is 0 Å². The van der Waals surface area contributed by atoms with Crippen LogP contribution < -0.4 is 5.73 Å². The van der Waals surface area contributed by atoms with E-state index >= 15 is 0 Å². The van der Waals surface area contributed by atoms with Gasteiger partial charge in [-0.2, -0.15) is 0 Å². The van der Waals surface area contributed by atoms with Crippen molar-refractivity contribution in [1.29, 1.82) is 0 Å². The van der Waals surface area contributed by atoms with E-state index in [1.807, 2.05) is 0 Å². The van der Waals surface area contributed by atoms with Gasteiger partial charge in [-0.3, -0.25) is 0 Å². The van der Waals surface area contributed by atoms with Crippen LogP contribution in [0.15, 0.2) is 0 Å². The maximum Gasteiger partial charge on any atom is 0.159 e. The maximum atomic E-state index is 12.4. The van der Waals surface area contributed by atoms with Crippen LogP contribution >= 0.6 is 0 Å². The molecule has 1 aliphatic carbocycles. The first-order valence-corrected chi connectivity index (χ1v) is 7.68. The summed E-state index contributed by atoms with van der Waals surface area (Å²) < 4.78 is 24.0. The van der Waals surface area contributed by atoms with Gasteiger partial charge in [-0.25, -0.2) is 8.42 Å². The minimum absolute atomic E-state index is 0.444. The number of sulfone groups is 1. The Morgan fingerprint density at radius 2 is 1.56 bits per heavy atom. The SMILES string of the molecule is C[C@H](C1(N)CCCCC1)S(=O)(=O)C(C)(C)C. The summed E-state index contributed by atoms with van der Waals surface area (Å²) in [6, 6.07) is 0. The van der Waals surface area contributed by atoms with Crippen molar-refractivity contribution in [2.24, 2.45) is 5.73 Å². The van der Waals surface area contributed by atoms with E-state index in [1.165, 1.54) is 6.42 Å². The highest BCUT2D eigenvalue weighted by Crippen LogP contribution is 2.35. The summed E-state index contributed by atoms with van der Waals surface area (Å²) in [6.07, 6.45) is 4.97. The fourth-order valence-electron chi connectivity index (χ4n) is 2.46. The van der Waals surface area contributed by atoms with Crippen LogP contribution in [0.1, 0.15) is 59.8 Å². The second-order valence-corrected chi connectivity index (χ2v) is 9.12. The van der Waals surface area contributed by atoms with E-state index in [0.29, 0.717) is 0 Å². The first-order chi connectivity index (χ1) is 7.11. The average molecular weight is 247 g/mol. The molecule has 0 saturated heterocycles. The second kappa shape index (κ2) is 4.30. The number of nitrogens with two attached hydrogens (primary N) is 1. The molecule has 1 saturated carbocycles. The van der Waals surface area contributed by atoms with E-state index in [0.717, 1.165) is 25.7 Å². The number of rotatable bonds is 2. The summed E-state index contributed by atoms with van der Waals surface area (Å²) in [5, 5.41) is -0.444. The van der Waals surface area contributed by atoms with Crippen molar-refractivity contribution in [3.8, 4) is 0 Å². The summed E-state index contributed by atoms with van der Waals surface area (Å²) in [5.41, 5.74) is 5.80. The molecule has 0 aromatic heterocycles. The molecular formula is C12H25NO2S. The van der Waals surface area contributed by atoms with Crippen LogP contribution in [0.5, 0.6) is 0 Å². The van der Waals surface area contributed by atoms with Crippen LogP contribution in [0, 0.1) is 0 Å². The van der Waals surface area contributed by atoms with E-state index in [1.54, 1.807) is 27.7 Å². The van der Waals surface area contributed by atoms with Gasteiger partial charge >= 0.3 is 0 Å². The van der Waals surface area contributed by atoms with Crippen molar-refractivity contribution in [2.45, 2.75) is 75.3 Å². The highest BCUT2D eigenvalue weighted by molar-refractivity contribution is 7.93. The Balaban J connectivity index is 2.97. The van der Waals surface area contributed by atoms with Crippen LogP contribution in [-0.4, -0.2) is 24.0 Å². The van der Waals surface area contributed by atoms with Gasteiger partial charge in [-0.15, -0.1) is 0 Å². The van der Waals surface area contributed by atoms with Gasteiger partial charge in [0.15, 0.2) is 9.84 Å². The van der Waals surface area contributed by atoms with Gasteiger partial charge in [-0.05, 0) is 40.5 Å². The van der Waals surface area contributed by atoms with Crippen molar-refractivity contribution >= 4 is 9.84 Å². The molecule has 1 fully saturated rings. The maximum absolute atomic E-state index is 12.4. The summed E-state index contributed by atoms with van der Waals surface area (Å²) in [5.74, 6) is 0. The molecule has 0 unspecified atom stereocenters. The summed E-state index contributed by atoms with van der Waals surface area (Å²) in [4.78, 5) is 0. The molecule has 3 nitrogen and oxygen atoms in total. The van der Waals surface area contributed by atoms with Gasteiger partial charge in [0, 0.05) is 5.54 Å². The minimum Gasteiger partial charge on any atom is -0.324 e. The van der Waals surface area contributed by atoms with E-state index < -0.39 is 25.4 Å². The molecule has 0 heterocycles. The van der Waals surface area contributed by atoms with E-state index in [4.69, 9.17) is 5.73 Å². The molecule has 0 aliphatic heterocycles. The van der Waals surface area contributed by atoms with Crippen LogP contribution in [-0.2, 0) is 9.84 Å². The molecule has 0 amide bonds. The molecule has 0 spiro atoms. The summed E-state index contributed by atoms with van der Waals surface area (Å²) >= 11 is 0. The van der Waals surface area contributed by atoms with Crippen molar-refractivity contribution in [2.75, 3.05) is 0 Å². The molecule has 16 heavy (non-hydrogen) atoms. The van der Waals surface area contributed by atoms with Gasteiger partial charge < -0.3 is 5.73 Å². The monoisotopic (exact) mass is 247 g/mol. The minimum atomic E-state index is -3.16. The Labute approximate surface area is 99.7 Å². The molecule has 1 rings (SSSR count). The smallest absolute Gasteiger partial charge is 0.159 e. The molecule has 0 radical (unpaired) electrons. The lowest BCUT2D eigenvalue weighted by atomic mass is 9.80. The zero-order chi connectivity index (χ0) is 12.6. The van der Waals surface area contributed by atoms with Crippen LogP contribution in [0.4, 0.5) is 0 Å². The van der Waals surface area contributed by atoms with Gasteiger partial charge in [-0.1, -0.05) is 19.3 Å². The Morgan fingerprint density at radius 1 is 1.12 bits per heavy atom. The standard InChI is InChI=1S/C12H25NO2S/c1-10(16(14,15)11(2,3)4)12(13)8-6-5-7-9-12/h10H,5-9,13H2,1-4H3/t10-/m1/s1. The lowest BCUT2D eigenvalue weighted by molar-refractivity contribution is 0.286. The molecule has 0 aromatic carbocycles. The predicted octanol–water partition coefficient (Wildman–Crippen LogP) is 2.25. The Hall–Kier alpha value is -0.0900. The highest BCUT2D eigenvalue weighted by atomic mass is 32.2. The van der Waals surface area contributed by atoms with Crippen molar-refractivity contribution in [3.63, 3.8) is 0 Å². The van der Waals surface area contributed by atoms with E-state index in [-0.39, 0.29) is 0 Å². The highest BCUT2D eigenvalue weighted by Gasteiger charge is 2.45. The first kappa shape index (κ1) is 14.0. The molecule has 0 bridgehead atoms. The summed E-state index contributed by atoms with van der Waals surface area (Å²) in [7, 11) is -3.16. The lowest BCUT2D eigenvalue weighted by Gasteiger charge is -2.40. The topological polar surface area (TPSA) is 60.2 Å². The number of hydrogen-bond donors (Lipinski definition) is 1. The van der Waals surface area contributed by atoms with E-state index in [2.05, 4.69) is 0 Å².